The Hall–Kier alpha value is -0.710. The van der Waals surface area contributed by atoms with Gasteiger partial charge in [0, 0.05) is 25.7 Å². The number of hydrogen-bond acceptors (Lipinski definition) is 5. The van der Waals surface area contributed by atoms with Crippen molar-refractivity contribution in [3.8, 4) is 0 Å². The summed E-state index contributed by atoms with van der Waals surface area (Å²) in [7, 11) is -6.90. The van der Waals surface area contributed by atoms with Gasteiger partial charge in [0.15, 0.2) is 9.84 Å². The summed E-state index contributed by atoms with van der Waals surface area (Å²) in [4.78, 5) is 10.9. The van der Waals surface area contributed by atoms with Crippen LogP contribution in [0.15, 0.2) is 0 Å². The Morgan fingerprint density at radius 2 is 1.76 bits per heavy atom. The summed E-state index contributed by atoms with van der Waals surface area (Å²) in [5.41, 5.74) is 0. The van der Waals surface area contributed by atoms with E-state index in [1.165, 1.54) is 8.61 Å². The van der Waals surface area contributed by atoms with Crippen molar-refractivity contribution in [1.82, 2.24) is 8.61 Å². The fraction of sp³-hybridized carbons (Fsp3) is 0.909. The maximum atomic E-state index is 12.5. The van der Waals surface area contributed by atoms with E-state index in [4.69, 9.17) is 5.11 Å². The number of carboxylic acid groups (broad SMARTS) is 1. The molecule has 0 amide bonds. The molecular formula is C11H20N2O6S2. The Kier molecular flexibility index (Phi) is 4.62. The van der Waals surface area contributed by atoms with Crippen LogP contribution in [0.4, 0.5) is 0 Å². The quantitative estimate of drug-likeness (QED) is 0.716. The fourth-order valence-electron chi connectivity index (χ4n) is 2.81. The monoisotopic (exact) mass is 340 g/mol. The molecule has 10 heteroatoms. The smallest absolute Gasteiger partial charge is 0.306 e. The second-order valence-electron chi connectivity index (χ2n) is 5.59. The number of sulfone groups is 1. The highest BCUT2D eigenvalue weighted by Crippen LogP contribution is 2.24. The minimum Gasteiger partial charge on any atom is -0.481 e. The van der Waals surface area contributed by atoms with Crippen LogP contribution in [0.5, 0.6) is 0 Å². The third-order valence-electron chi connectivity index (χ3n) is 4.04. The molecule has 0 spiro atoms. The van der Waals surface area contributed by atoms with Gasteiger partial charge in [-0.05, 0) is 19.8 Å². The normalized spacial score (nSPS) is 29.3. The molecule has 122 valence electrons. The minimum absolute atomic E-state index is 0.0370. The van der Waals surface area contributed by atoms with Gasteiger partial charge in [-0.1, -0.05) is 0 Å². The molecule has 0 radical (unpaired) electrons. The summed E-state index contributed by atoms with van der Waals surface area (Å²) in [6.45, 7) is 1.87. The summed E-state index contributed by atoms with van der Waals surface area (Å²) >= 11 is 0. The maximum absolute atomic E-state index is 12.5. The topological polar surface area (TPSA) is 112 Å². The van der Waals surface area contributed by atoms with Crippen LogP contribution in [-0.2, 0) is 24.8 Å². The van der Waals surface area contributed by atoms with Gasteiger partial charge in [-0.3, -0.25) is 4.79 Å². The van der Waals surface area contributed by atoms with Crippen molar-refractivity contribution in [3.63, 3.8) is 0 Å². The van der Waals surface area contributed by atoms with Gasteiger partial charge in [-0.15, -0.1) is 0 Å². The maximum Gasteiger partial charge on any atom is 0.306 e. The largest absolute Gasteiger partial charge is 0.481 e. The Morgan fingerprint density at radius 3 is 2.24 bits per heavy atom. The fourth-order valence-corrected chi connectivity index (χ4v) is 6.39. The number of hydrogen-bond donors (Lipinski definition) is 1. The molecule has 2 rings (SSSR count). The molecule has 1 atom stereocenters. The minimum atomic E-state index is -3.72. The zero-order valence-corrected chi connectivity index (χ0v) is 13.4. The van der Waals surface area contributed by atoms with Gasteiger partial charge in [0.1, 0.15) is 0 Å². The van der Waals surface area contributed by atoms with Crippen molar-refractivity contribution < 1.29 is 26.7 Å². The van der Waals surface area contributed by atoms with E-state index in [0.29, 0.717) is 0 Å². The van der Waals surface area contributed by atoms with Gasteiger partial charge < -0.3 is 5.11 Å². The van der Waals surface area contributed by atoms with E-state index in [1.807, 2.05) is 0 Å². The van der Waals surface area contributed by atoms with E-state index in [9.17, 15) is 21.6 Å². The molecule has 0 aromatic carbocycles. The van der Waals surface area contributed by atoms with Crippen LogP contribution in [0, 0.1) is 5.92 Å². The lowest BCUT2D eigenvalue weighted by atomic mass is 9.99. The van der Waals surface area contributed by atoms with Crippen molar-refractivity contribution in [3.05, 3.63) is 0 Å². The summed E-state index contributed by atoms with van der Waals surface area (Å²) < 4.78 is 50.6. The molecule has 0 aromatic rings. The first-order valence-corrected chi connectivity index (χ1v) is 10.1. The average Bonchev–Trinajstić information content (AvgIpc) is 2.37. The van der Waals surface area contributed by atoms with E-state index < -0.39 is 38.0 Å². The molecule has 1 N–H and O–H groups in total. The summed E-state index contributed by atoms with van der Waals surface area (Å²) in [6, 6.07) is -0.592. The zero-order valence-electron chi connectivity index (χ0n) is 11.8. The van der Waals surface area contributed by atoms with Crippen LogP contribution in [0.2, 0.25) is 0 Å². The lowest BCUT2D eigenvalue weighted by molar-refractivity contribution is -0.142. The molecule has 2 aliphatic heterocycles. The van der Waals surface area contributed by atoms with Crippen molar-refractivity contribution >= 4 is 26.0 Å². The Labute approximate surface area is 124 Å². The average molecular weight is 340 g/mol. The zero-order chi connectivity index (χ0) is 15.8. The van der Waals surface area contributed by atoms with Crippen LogP contribution >= 0.6 is 0 Å². The van der Waals surface area contributed by atoms with Gasteiger partial charge in [-0.25, -0.2) is 8.42 Å². The molecule has 1 unspecified atom stereocenters. The highest BCUT2D eigenvalue weighted by Gasteiger charge is 2.40. The molecule has 0 aliphatic carbocycles. The number of rotatable bonds is 3. The van der Waals surface area contributed by atoms with E-state index >= 15 is 0 Å². The number of aliphatic carboxylic acids is 1. The van der Waals surface area contributed by atoms with Crippen LogP contribution in [0.3, 0.4) is 0 Å². The van der Waals surface area contributed by atoms with E-state index in [-0.39, 0.29) is 44.0 Å². The van der Waals surface area contributed by atoms with Gasteiger partial charge in [-0.2, -0.15) is 17.0 Å². The van der Waals surface area contributed by atoms with Crippen LogP contribution < -0.4 is 0 Å². The summed E-state index contributed by atoms with van der Waals surface area (Å²) in [5, 5.41) is 8.93. The second-order valence-corrected chi connectivity index (χ2v) is 9.70. The third-order valence-corrected chi connectivity index (χ3v) is 7.98. The number of carboxylic acids is 1. The standard InChI is InChI=1S/C11H20N2O6S2/c1-9-8-20(16,17)7-6-13(9)21(18,19)12-4-2-10(3-5-12)11(14)15/h9-10H,2-8H2,1H3,(H,14,15). The van der Waals surface area contributed by atoms with E-state index in [0.717, 1.165) is 0 Å². The van der Waals surface area contributed by atoms with Crippen molar-refractivity contribution in [2.24, 2.45) is 5.92 Å². The number of piperidine rings is 1. The molecule has 21 heavy (non-hydrogen) atoms. The molecule has 2 saturated heterocycles. The first kappa shape index (κ1) is 16.7. The Bertz CT molecular complexity index is 607. The van der Waals surface area contributed by atoms with Gasteiger partial charge in [0.05, 0.1) is 17.4 Å². The predicted octanol–water partition coefficient (Wildman–Crippen LogP) is -0.853. The third kappa shape index (κ3) is 3.55. The molecular weight excluding hydrogens is 320 g/mol. The Morgan fingerprint density at radius 1 is 1.19 bits per heavy atom. The molecule has 0 saturated carbocycles. The van der Waals surface area contributed by atoms with Crippen molar-refractivity contribution in [2.45, 2.75) is 25.8 Å². The lowest BCUT2D eigenvalue weighted by Gasteiger charge is -2.38. The molecule has 0 bridgehead atoms. The van der Waals surface area contributed by atoms with Crippen molar-refractivity contribution in [2.75, 3.05) is 31.1 Å². The molecule has 0 aromatic heterocycles. The summed E-state index contributed by atoms with van der Waals surface area (Å²) in [5.74, 6) is -1.74. The van der Waals surface area contributed by atoms with Crippen LogP contribution in [0.25, 0.3) is 0 Å². The number of carbonyl (C=O) groups is 1. The Balaban J connectivity index is 2.08. The molecule has 2 heterocycles. The highest BCUT2D eigenvalue weighted by molar-refractivity contribution is 7.91. The van der Waals surface area contributed by atoms with Crippen LogP contribution in [0.1, 0.15) is 19.8 Å². The predicted molar refractivity (Wildman–Crippen MR) is 75.7 cm³/mol. The van der Waals surface area contributed by atoms with Crippen molar-refractivity contribution in [1.29, 1.82) is 0 Å². The highest BCUT2D eigenvalue weighted by atomic mass is 32.2. The van der Waals surface area contributed by atoms with Gasteiger partial charge in [0.2, 0.25) is 0 Å². The molecule has 2 aliphatic rings. The van der Waals surface area contributed by atoms with E-state index in [1.54, 1.807) is 6.92 Å². The SMILES string of the molecule is CC1CS(=O)(=O)CCN1S(=O)(=O)N1CCC(C(=O)O)CC1. The van der Waals surface area contributed by atoms with Crippen LogP contribution in [-0.4, -0.2) is 73.7 Å². The second kappa shape index (κ2) is 5.82. The molecule has 2 fully saturated rings. The van der Waals surface area contributed by atoms with E-state index in [2.05, 4.69) is 0 Å². The van der Waals surface area contributed by atoms with Gasteiger partial charge in [0.25, 0.3) is 10.2 Å². The van der Waals surface area contributed by atoms with Gasteiger partial charge >= 0.3 is 5.97 Å². The molecule has 8 nitrogen and oxygen atoms in total. The first-order valence-electron chi connectivity index (χ1n) is 6.83. The lowest BCUT2D eigenvalue weighted by Crippen LogP contribution is -2.55. The first-order chi connectivity index (χ1) is 9.63. The number of nitrogens with zero attached hydrogens (tertiary/aromatic N) is 2. The summed E-state index contributed by atoms with van der Waals surface area (Å²) in [6.07, 6.45) is 0.574.